The average Bonchev–Trinajstić information content (AvgIpc) is 2.95. The van der Waals surface area contributed by atoms with Crippen molar-refractivity contribution >= 4 is 29.1 Å². The predicted octanol–water partition coefficient (Wildman–Crippen LogP) is 0.733. The molecule has 1 aliphatic heterocycles. The molecule has 5 N–H and O–H groups in total. The maximum atomic E-state index is 11.9. The Labute approximate surface area is 113 Å². The molecule has 1 aromatic heterocycles. The molecule has 100 valence electrons. The van der Waals surface area contributed by atoms with Crippen LogP contribution in [0.1, 0.15) is 31.2 Å². The number of carbonyl (C=O) groups is 3. The summed E-state index contributed by atoms with van der Waals surface area (Å²) in [5.41, 5.74) is 7.25. The topological polar surface area (TPSA) is 117 Å². The number of amides is 3. The van der Waals surface area contributed by atoms with Crippen molar-refractivity contribution in [3.05, 3.63) is 47.3 Å². The van der Waals surface area contributed by atoms with Crippen LogP contribution < -0.4 is 16.4 Å². The summed E-state index contributed by atoms with van der Waals surface area (Å²) in [6.07, 6.45) is 1.50. The summed E-state index contributed by atoms with van der Waals surface area (Å²) >= 11 is 0. The quantitative estimate of drug-likeness (QED) is 0.602. The normalized spacial score (nSPS) is 13.0. The van der Waals surface area contributed by atoms with Gasteiger partial charge in [-0.05, 0) is 24.3 Å². The number of nitrogens with one attached hydrogen (secondary N) is 3. The summed E-state index contributed by atoms with van der Waals surface area (Å²) in [4.78, 5) is 37.5. The van der Waals surface area contributed by atoms with Crippen molar-refractivity contribution < 1.29 is 14.4 Å². The zero-order valence-electron chi connectivity index (χ0n) is 10.2. The van der Waals surface area contributed by atoms with E-state index in [4.69, 9.17) is 5.73 Å². The summed E-state index contributed by atoms with van der Waals surface area (Å²) in [6, 6.07) is 6.01. The van der Waals surface area contributed by atoms with Crippen LogP contribution >= 0.6 is 0 Å². The van der Waals surface area contributed by atoms with E-state index in [0.29, 0.717) is 22.6 Å². The van der Waals surface area contributed by atoms with Crippen molar-refractivity contribution in [3.63, 3.8) is 0 Å². The molecule has 1 aromatic carbocycles. The number of nitrogen functional groups attached to an aromatic ring is 1. The molecule has 0 saturated heterocycles. The number of hydrogen-bond donors (Lipinski definition) is 4. The van der Waals surface area contributed by atoms with Crippen LogP contribution in [0.4, 0.5) is 11.4 Å². The van der Waals surface area contributed by atoms with Crippen LogP contribution in [0, 0.1) is 0 Å². The Morgan fingerprint density at radius 1 is 1.10 bits per heavy atom. The number of aromatic nitrogens is 1. The third-order valence-corrected chi connectivity index (χ3v) is 2.94. The molecule has 0 radical (unpaired) electrons. The molecule has 0 aliphatic carbocycles. The minimum absolute atomic E-state index is 0.249. The molecular weight excluding hydrogens is 260 g/mol. The molecule has 2 aromatic rings. The van der Waals surface area contributed by atoms with E-state index >= 15 is 0 Å². The molecule has 0 saturated carbocycles. The first-order chi connectivity index (χ1) is 9.54. The lowest BCUT2D eigenvalue weighted by Crippen LogP contribution is -2.19. The fraction of sp³-hybridized carbons (Fsp3) is 0. The Morgan fingerprint density at radius 2 is 1.85 bits per heavy atom. The Kier molecular flexibility index (Phi) is 2.53. The highest BCUT2D eigenvalue weighted by Crippen LogP contribution is 2.20. The minimum Gasteiger partial charge on any atom is -0.397 e. The van der Waals surface area contributed by atoms with Gasteiger partial charge in [-0.15, -0.1) is 0 Å². The van der Waals surface area contributed by atoms with Crippen LogP contribution in [0.3, 0.4) is 0 Å². The van der Waals surface area contributed by atoms with E-state index in [2.05, 4.69) is 15.6 Å². The van der Waals surface area contributed by atoms with Gasteiger partial charge in [0.05, 0.1) is 11.1 Å². The van der Waals surface area contributed by atoms with Crippen LogP contribution in [-0.2, 0) is 0 Å². The monoisotopic (exact) mass is 270 g/mol. The number of carbonyl (C=O) groups excluding carboxylic acids is 3. The molecule has 7 heteroatoms. The third kappa shape index (κ3) is 1.91. The van der Waals surface area contributed by atoms with Crippen molar-refractivity contribution in [3.8, 4) is 0 Å². The lowest BCUT2D eigenvalue weighted by molar-refractivity contribution is 0.0878. The van der Waals surface area contributed by atoms with Gasteiger partial charge >= 0.3 is 0 Å². The van der Waals surface area contributed by atoms with Gasteiger partial charge in [-0.25, -0.2) is 0 Å². The van der Waals surface area contributed by atoms with Gasteiger partial charge < -0.3 is 16.0 Å². The number of imide groups is 1. The fourth-order valence-electron chi connectivity index (χ4n) is 1.99. The number of benzene rings is 1. The largest absolute Gasteiger partial charge is 0.397 e. The molecule has 1 aliphatic rings. The van der Waals surface area contributed by atoms with Gasteiger partial charge in [0.25, 0.3) is 17.7 Å². The first-order valence-electron chi connectivity index (χ1n) is 5.79. The lowest BCUT2D eigenvalue weighted by Gasteiger charge is -2.04. The van der Waals surface area contributed by atoms with Gasteiger partial charge in [0.2, 0.25) is 0 Å². The van der Waals surface area contributed by atoms with Crippen LogP contribution in [0.5, 0.6) is 0 Å². The van der Waals surface area contributed by atoms with E-state index in [0.717, 1.165) is 0 Å². The number of nitrogens with two attached hydrogens (primary N) is 1. The number of anilines is 2. The number of rotatable bonds is 2. The smallest absolute Gasteiger partial charge is 0.272 e. The summed E-state index contributed by atoms with van der Waals surface area (Å²) in [6.45, 7) is 0. The van der Waals surface area contributed by atoms with E-state index in [-0.39, 0.29) is 11.5 Å². The molecule has 0 spiro atoms. The van der Waals surface area contributed by atoms with Gasteiger partial charge in [0, 0.05) is 17.6 Å². The Balaban J connectivity index is 1.86. The van der Waals surface area contributed by atoms with Crippen molar-refractivity contribution in [2.24, 2.45) is 0 Å². The number of aromatic amines is 1. The van der Waals surface area contributed by atoms with Crippen LogP contribution in [-0.4, -0.2) is 22.7 Å². The highest BCUT2D eigenvalue weighted by Gasteiger charge is 2.26. The van der Waals surface area contributed by atoms with E-state index in [1.54, 1.807) is 6.07 Å². The summed E-state index contributed by atoms with van der Waals surface area (Å²) in [5.74, 6) is -1.28. The van der Waals surface area contributed by atoms with Crippen molar-refractivity contribution in [2.75, 3.05) is 11.1 Å². The maximum Gasteiger partial charge on any atom is 0.272 e. The second-order valence-electron chi connectivity index (χ2n) is 4.34. The number of H-pyrrole nitrogens is 1. The van der Waals surface area contributed by atoms with Crippen LogP contribution in [0.2, 0.25) is 0 Å². The third-order valence-electron chi connectivity index (χ3n) is 2.94. The van der Waals surface area contributed by atoms with Crippen LogP contribution in [0.15, 0.2) is 30.5 Å². The van der Waals surface area contributed by atoms with Gasteiger partial charge in [0.1, 0.15) is 5.69 Å². The van der Waals surface area contributed by atoms with Gasteiger partial charge in [-0.2, -0.15) is 0 Å². The van der Waals surface area contributed by atoms with Crippen LogP contribution in [0.25, 0.3) is 0 Å². The Morgan fingerprint density at radius 3 is 2.55 bits per heavy atom. The molecule has 3 rings (SSSR count). The zero-order valence-corrected chi connectivity index (χ0v) is 10.2. The summed E-state index contributed by atoms with van der Waals surface area (Å²) in [7, 11) is 0. The molecule has 3 amide bonds. The second-order valence-corrected chi connectivity index (χ2v) is 4.34. The van der Waals surface area contributed by atoms with Crippen molar-refractivity contribution in [1.29, 1.82) is 0 Å². The molecule has 0 fully saturated rings. The molecular formula is C13H10N4O3. The van der Waals surface area contributed by atoms with E-state index in [9.17, 15) is 14.4 Å². The molecule has 20 heavy (non-hydrogen) atoms. The molecule has 2 heterocycles. The number of fused-ring (bicyclic) bond motifs is 1. The van der Waals surface area contributed by atoms with E-state index < -0.39 is 11.8 Å². The number of hydrogen-bond acceptors (Lipinski definition) is 4. The highest BCUT2D eigenvalue weighted by molar-refractivity contribution is 6.22. The highest BCUT2D eigenvalue weighted by atomic mass is 16.2. The average molecular weight is 270 g/mol. The molecule has 0 atom stereocenters. The Hall–Kier alpha value is -3.09. The SMILES string of the molecule is Nc1c[nH]c(C(=O)Nc2ccc3c(c2)C(=O)NC3=O)c1. The Bertz CT molecular complexity index is 748. The molecule has 7 nitrogen and oxygen atoms in total. The lowest BCUT2D eigenvalue weighted by atomic mass is 10.1. The first-order valence-corrected chi connectivity index (χ1v) is 5.79. The van der Waals surface area contributed by atoms with Crippen molar-refractivity contribution in [1.82, 2.24) is 10.3 Å². The molecule has 0 bridgehead atoms. The minimum atomic E-state index is -0.467. The maximum absolute atomic E-state index is 11.9. The fourth-order valence-corrected chi connectivity index (χ4v) is 1.99. The van der Waals surface area contributed by atoms with Gasteiger partial charge in [-0.1, -0.05) is 0 Å². The van der Waals surface area contributed by atoms with E-state index in [1.165, 1.54) is 24.4 Å². The predicted molar refractivity (Wildman–Crippen MR) is 71.4 cm³/mol. The standard InChI is InChI=1S/C13H10N4O3/c14-6-3-10(15-5-6)13(20)16-7-1-2-8-9(4-7)12(19)17-11(8)18/h1-5,15H,14H2,(H,16,20)(H,17,18,19). The summed E-state index contributed by atoms with van der Waals surface area (Å²) in [5, 5.41) is 4.80. The van der Waals surface area contributed by atoms with E-state index in [1.807, 2.05) is 0 Å². The molecule has 0 unspecified atom stereocenters. The first kappa shape index (κ1) is 12.0. The van der Waals surface area contributed by atoms with Crippen molar-refractivity contribution in [2.45, 2.75) is 0 Å². The van der Waals surface area contributed by atoms with Gasteiger partial charge in [0.15, 0.2) is 0 Å². The second kappa shape index (κ2) is 4.23. The zero-order chi connectivity index (χ0) is 14.3. The van der Waals surface area contributed by atoms with Gasteiger partial charge in [-0.3, -0.25) is 19.7 Å². The summed E-state index contributed by atoms with van der Waals surface area (Å²) < 4.78 is 0.